The van der Waals surface area contributed by atoms with E-state index in [2.05, 4.69) is 63.9 Å². The Hall–Kier alpha value is -2.93. The Morgan fingerprint density at radius 3 is 2.97 bits per heavy atom. The molecule has 3 aromatic rings. The zero-order chi connectivity index (χ0) is 23.0. The number of methoxy groups -OCH3 is 1. The van der Waals surface area contributed by atoms with Crippen molar-refractivity contribution in [3.63, 3.8) is 0 Å². The van der Waals surface area contributed by atoms with E-state index in [4.69, 9.17) is 9.84 Å². The van der Waals surface area contributed by atoms with E-state index in [0.717, 1.165) is 44.5 Å². The zero-order valence-corrected chi connectivity index (χ0v) is 19.2. The third-order valence-electron chi connectivity index (χ3n) is 6.47. The van der Waals surface area contributed by atoms with Crippen LogP contribution in [-0.4, -0.2) is 60.9 Å². The quantitative estimate of drug-likeness (QED) is 0.238. The molecule has 1 unspecified atom stereocenters. The summed E-state index contributed by atoms with van der Waals surface area (Å²) in [5, 5.41) is 13.7. The fourth-order valence-electron chi connectivity index (χ4n) is 4.78. The first-order valence-electron chi connectivity index (χ1n) is 11.7. The topological polar surface area (TPSA) is 77.6 Å². The Balaban J connectivity index is 1.49. The van der Waals surface area contributed by atoms with E-state index in [1.165, 1.54) is 40.8 Å². The molecule has 174 valence electrons. The van der Waals surface area contributed by atoms with Crippen LogP contribution in [0.1, 0.15) is 34.7 Å². The number of ether oxygens (including phenoxy) is 1. The van der Waals surface area contributed by atoms with Gasteiger partial charge in [0.25, 0.3) is 0 Å². The molecule has 1 aliphatic carbocycles. The summed E-state index contributed by atoms with van der Waals surface area (Å²) in [6.45, 7) is 3.52. The van der Waals surface area contributed by atoms with E-state index in [9.17, 15) is 4.79 Å². The Morgan fingerprint density at radius 2 is 2.12 bits per heavy atom. The highest BCUT2D eigenvalue weighted by Crippen LogP contribution is 2.36. The molecule has 1 heterocycles. The van der Waals surface area contributed by atoms with Crippen LogP contribution in [-0.2, 0) is 22.4 Å². The van der Waals surface area contributed by atoms with Gasteiger partial charge in [-0.05, 0) is 53.7 Å². The van der Waals surface area contributed by atoms with Crippen molar-refractivity contribution >= 4 is 22.9 Å². The van der Waals surface area contributed by atoms with Gasteiger partial charge in [-0.25, -0.2) is 4.79 Å². The molecule has 2 aromatic carbocycles. The highest BCUT2D eigenvalue weighted by atomic mass is 16.5. The Kier molecular flexibility index (Phi) is 7.94. The van der Waals surface area contributed by atoms with Gasteiger partial charge in [0.15, 0.2) is 0 Å². The molecule has 0 saturated heterocycles. The maximum absolute atomic E-state index is 11.4. The number of aromatic nitrogens is 1. The summed E-state index contributed by atoms with van der Waals surface area (Å²) in [6, 6.07) is 15.3. The van der Waals surface area contributed by atoms with Crippen molar-refractivity contribution in [1.82, 2.24) is 15.2 Å². The lowest BCUT2D eigenvalue weighted by molar-refractivity contribution is -0.134. The first-order valence-corrected chi connectivity index (χ1v) is 11.7. The van der Waals surface area contributed by atoms with E-state index in [-0.39, 0.29) is 12.6 Å². The molecule has 1 atom stereocenters. The molecule has 33 heavy (non-hydrogen) atoms. The fourth-order valence-corrected chi connectivity index (χ4v) is 4.78. The minimum absolute atomic E-state index is 0.156. The average molecular weight is 448 g/mol. The van der Waals surface area contributed by atoms with Gasteiger partial charge < -0.3 is 20.1 Å². The summed E-state index contributed by atoms with van der Waals surface area (Å²) in [4.78, 5) is 17.4. The van der Waals surface area contributed by atoms with Crippen LogP contribution in [0.2, 0.25) is 0 Å². The molecule has 0 spiro atoms. The van der Waals surface area contributed by atoms with Gasteiger partial charge in [0, 0.05) is 55.4 Å². The van der Waals surface area contributed by atoms with Crippen LogP contribution in [0.4, 0.5) is 0 Å². The van der Waals surface area contributed by atoms with Crippen molar-refractivity contribution in [2.75, 3.05) is 39.9 Å². The van der Waals surface area contributed by atoms with Crippen LogP contribution in [0.5, 0.6) is 0 Å². The molecule has 0 saturated carbocycles. The monoisotopic (exact) mass is 447 g/mol. The molecule has 1 aliphatic rings. The predicted molar refractivity (Wildman–Crippen MR) is 132 cm³/mol. The van der Waals surface area contributed by atoms with Crippen LogP contribution in [0.3, 0.4) is 0 Å². The molecule has 6 heteroatoms. The second kappa shape index (κ2) is 11.3. The second-order valence-electron chi connectivity index (χ2n) is 8.49. The van der Waals surface area contributed by atoms with Gasteiger partial charge in [0.1, 0.15) is 0 Å². The van der Waals surface area contributed by atoms with Crippen molar-refractivity contribution in [1.29, 1.82) is 0 Å². The minimum atomic E-state index is -0.341. The van der Waals surface area contributed by atoms with Gasteiger partial charge in [-0.2, -0.15) is 0 Å². The number of H-pyrrole nitrogens is 1. The van der Waals surface area contributed by atoms with Gasteiger partial charge in [-0.3, -0.25) is 4.90 Å². The smallest absolute Gasteiger partial charge is 0.330 e. The fraction of sp³-hybridized carbons (Fsp3) is 0.370. The van der Waals surface area contributed by atoms with Crippen molar-refractivity contribution in [3.05, 3.63) is 77.0 Å². The predicted octanol–water partition coefficient (Wildman–Crippen LogP) is 3.47. The van der Waals surface area contributed by atoms with Crippen LogP contribution < -0.4 is 5.32 Å². The molecule has 0 bridgehead atoms. The Labute approximate surface area is 195 Å². The number of hydrogen-bond acceptors (Lipinski definition) is 5. The molecule has 3 N–H and O–H groups in total. The minimum Gasteiger partial charge on any atom is -0.466 e. The van der Waals surface area contributed by atoms with Crippen LogP contribution in [0, 0.1) is 0 Å². The maximum atomic E-state index is 11.4. The standard InChI is InChI=1S/C27H33N3O3/c1-33-27(32)11-7-20-6-9-24-21(18-20)8-10-26(24)30(16-13-28-14-17-31)15-12-22-19-29-25-5-3-2-4-23(22)25/h2-7,9,11,18-19,26,28-29,31H,8,10,12-17H2,1H3/b11-7+. The first-order chi connectivity index (χ1) is 16.2. The van der Waals surface area contributed by atoms with Crippen molar-refractivity contribution < 1.29 is 14.6 Å². The van der Waals surface area contributed by atoms with Gasteiger partial charge in [0.2, 0.25) is 0 Å². The Morgan fingerprint density at radius 1 is 1.24 bits per heavy atom. The average Bonchev–Trinajstić information content (AvgIpc) is 3.46. The molecular formula is C27H33N3O3. The number of rotatable bonds is 11. The molecule has 0 amide bonds. The van der Waals surface area contributed by atoms with Crippen molar-refractivity contribution in [2.24, 2.45) is 0 Å². The molecule has 6 nitrogen and oxygen atoms in total. The number of esters is 1. The summed E-state index contributed by atoms with van der Waals surface area (Å²) < 4.78 is 4.70. The number of fused-ring (bicyclic) bond motifs is 2. The first kappa shape index (κ1) is 23.2. The maximum Gasteiger partial charge on any atom is 0.330 e. The third-order valence-corrected chi connectivity index (χ3v) is 6.47. The number of carbonyl (C=O) groups excluding carboxylic acids is 1. The largest absolute Gasteiger partial charge is 0.466 e. The van der Waals surface area contributed by atoms with Gasteiger partial charge in [0.05, 0.1) is 13.7 Å². The van der Waals surface area contributed by atoms with E-state index in [1.807, 2.05) is 6.08 Å². The van der Waals surface area contributed by atoms with Gasteiger partial charge in [-0.15, -0.1) is 0 Å². The Bertz CT molecular complexity index is 1100. The SMILES string of the molecule is COC(=O)/C=C/c1ccc2c(c1)CCC2N(CCNCCO)CCc1c[nH]c2ccccc12. The van der Waals surface area contributed by atoms with E-state index >= 15 is 0 Å². The number of hydrogen-bond donors (Lipinski definition) is 3. The lowest BCUT2D eigenvalue weighted by Gasteiger charge is -2.30. The molecule has 4 rings (SSSR count). The van der Waals surface area contributed by atoms with Crippen LogP contribution in [0.25, 0.3) is 17.0 Å². The van der Waals surface area contributed by atoms with E-state index in [0.29, 0.717) is 12.6 Å². The number of para-hydroxylation sites is 1. The lowest BCUT2D eigenvalue weighted by atomic mass is 10.0. The number of benzene rings is 2. The second-order valence-corrected chi connectivity index (χ2v) is 8.49. The van der Waals surface area contributed by atoms with Gasteiger partial charge in [-0.1, -0.05) is 36.4 Å². The number of nitrogens with one attached hydrogen (secondary N) is 2. The zero-order valence-electron chi connectivity index (χ0n) is 19.2. The summed E-state index contributed by atoms with van der Waals surface area (Å²) in [6.07, 6.45) is 8.52. The van der Waals surface area contributed by atoms with Crippen LogP contribution in [0.15, 0.2) is 54.7 Å². The summed E-state index contributed by atoms with van der Waals surface area (Å²) in [5.41, 5.74) is 6.29. The lowest BCUT2D eigenvalue weighted by Crippen LogP contribution is -2.36. The number of aliphatic hydroxyl groups is 1. The number of aryl methyl sites for hydroxylation is 1. The summed E-state index contributed by atoms with van der Waals surface area (Å²) >= 11 is 0. The number of aliphatic hydroxyl groups excluding tert-OH is 1. The van der Waals surface area contributed by atoms with E-state index in [1.54, 1.807) is 0 Å². The van der Waals surface area contributed by atoms with Gasteiger partial charge >= 0.3 is 5.97 Å². The van der Waals surface area contributed by atoms with Crippen molar-refractivity contribution in [2.45, 2.75) is 25.3 Å². The highest BCUT2D eigenvalue weighted by molar-refractivity contribution is 5.87. The highest BCUT2D eigenvalue weighted by Gasteiger charge is 2.27. The normalized spacial score (nSPS) is 15.5. The van der Waals surface area contributed by atoms with E-state index < -0.39 is 0 Å². The number of nitrogens with zero attached hydrogens (tertiary/aromatic N) is 1. The molecule has 1 aromatic heterocycles. The molecular weight excluding hydrogens is 414 g/mol. The number of carbonyl (C=O) groups is 1. The molecule has 0 aliphatic heterocycles. The van der Waals surface area contributed by atoms with Crippen molar-refractivity contribution in [3.8, 4) is 0 Å². The number of aromatic amines is 1. The summed E-state index contributed by atoms with van der Waals surface area (Å²) in [7, 11) is 1.39. The van der Waals surface area contributed by atoms with Crippen LogP contribution >= 0.6 is 0 Å². The molecule has 0 radical (unpaired) electrons. The molecule has 0 fully saturated rings. The summed E-state index contributed by atoms with van der Waals surface area (Å²) in [5.74, 6) is -0.341. The third kappa shape index (κ3) is 5.71.